The molecular formula is C18H17NO2. The van der Waals surface area contributed by atoms with E-state index in [4.69, 9.17) is 4.74 Å². The number of para-hydroxylation sites is 1. The van der Waals surface area contributed by atoms with Gasteiger partial charge in [-0.15, -0.1) is 0 Å². The number of rotatable bonds is 4. The van der Waals surface area contributed by atoms with Crippen molar-refractivity contribution in [1.29, 1.82) is 0 Å². The zero-order valence-electron chi connectivity index (χ0n) is 11.9. The second kappa shape index (κ2) is 5.83. The molecule has 106 valence electrons. The van der Waals surface area contributed by atoms with Crippen LogP contribution in [0.15, 0.2) is 60.8 Å². The van der Waals surface area contributed by atoms with Gasteiger partial charge in [0.05, 0.1) is 6.42 Å². The molecule has 1 atom stereocenters. The van der Waals surface area contributed by atoms with Crippen molar-refractivity contribution in [3.05, 3.63) is 71.9 Å². The highest BCUT2D eigenvalue weighted by Crippen LogP contribution is 2.21. The monoisotopic (exact) mass is 279 g/mol. The zero-order chi connectivity index (χ0) is 14.7. The van der Waals surface area contributed by atoms with Crippen LogP contribution in [0.3, 0.4) is 0 Å². The SMILES string of the molecule is C[C@H](OC(=O)Cc1c[nH]c2ccccc12)c1ccccc1. The van der Waals surface area contributed by atoms with Crippen LogP contribution in [0.2, 0.25) is 0 Å². The summed E-state index contributed by atoms with van der Waals surface area (Å²) in [4.78, 5) is 15.3. The number of nitrogens with one attached hydrogen (secondary N) is 1. The van der Waals surface area contributed by atoms with E-state index in [2.05, 4.69) is 4.98 Å². The molecule has 0 aliphatic rings. The van der Waals surface area contributed by atoms with Gasteiger partial charge in [0.1, 0.15) is 6.10 Å². The Labute approximate surface area is 123 Å². The number of carbonyl (C=O) groups is 1. The third kappa shape index (κ3) is 2.97. The number of aromatic nitrogens is 1. The van der Waals surface area contributed by atoms with Gasteiger partial charge in [-0.2, -0.15) is 0 Å². The summed E-state index contributed by atoms with van der Waals surface area (Å²) in [5.41, 5.74) is 3.01. The number of esters is 1. The van der Waals surface area contributed by atoms with Crippen LogP contribution in [-0.4, -0.2) is 11.0 Å². The molecule has 21 heavy (non-hydrogen) atoms. The molecule has 1 heterocycles. The molecule has 0 bridgehead atoms. The Morgan fingerprint density at radius 3 is 2.62 bits per heavy atom. The van der Waals surface area contributed by atoms with E-state index in [1.165, 1.54) is 0 Å². The van der Waals surface area contributed by atoms with Crippen LogP contribution < -0.4 is 0 Å². The minimum atomic E-state index is -0.232. The Bertz CT molecular complexity index is 746. The van der Waals surface area contributed by atoms with Crippen molar-refractivity contribution in [3.8, 4) is 0 Å². The van der Waals surface area contributed by atoms with E-state index in [1.807, 2.05) is 67.7 Å². The van der Waals surface area contributed by atoms with Crippen molar-refractivity contribution in [2.45, 2.75) is 19.4 Å². The summed E-state index contributed by atoms with van der Waals surface area (Å²) < 4.78 is 5.51. The molecule has 1 N–H and O–H groups in total. The van der Waals surface area contributed by atoms with Crippen molar-refractivity contribution < 1.29 is 9.53 Å². The number of ether oxygens (including phenoxy) is 1. The first-order chi connectivity index (χ1) is 10.2. The van der Waals surface area contributed by atoms with Gasteiger partial charge in [-0.25, -0.2) is 0 Å². The van der Waals surface area contributed by atoms with Crippen molar-refractivity contribution >= 4 is 16.9 Å². The van der Waals surface area contributed by atoms with E-state index in [0.717, 1.165) is 22.0 Å². The maximum atomic E-state index is 12.1. The quantitative estimate of drug-likeness (QED) is 0.733. The Balaban J connectivity index is 1.69. The number of hydrogen-bond donors (Lipinski definition) is 1. The second-order valence-electron chi connectivity index (χ2n) is 5.08. The fourth-order valence-corrected chi connectivity index (χ4v) is 2.46. The molecule has 2 aromatic carbocycles. The third-order valence-corrected chi connectivity index (χ3v) is 3.59. The Kier molecular flexibility index (Phi) is 3.73. The normalized spacial score (nSPS) is 12.2. The van der Waals surface area contributed by atoms with Gasteiger partial charge < -0.3 is 9.72 Å². The highest BCUT2D eigenvalue weighted by atomic mass is 16.5. The lowest BCUT2D eigenvalue weighted by Gasteiger charge is -2.13. The fourth-order valence-electron chi connectivity index (χ4n) is 2.46. The van der Waals surface area contributed by atoms with Gasteiger partial charge in [0.25, 0.3) is 0 Å². The first-order valence-electron chi connectivity index (χ1n) is 7.03. The van der Waals surface area contributed by atoms with E-state index < -0.39 is 0 Å². The summed E-state index contributed by atoms with van der Waals surface area (Å²) in [7, 11) is 0. The second-order valence-corrected chi connectivity index (χ2v) is 5.08. The topological polar surface area (TPSA) is 42.1 Å². The molecule has 0 spiro atoms. The summed E-state index contributed by atoms with van der Waals surface area (Å²) in [6.45, 7) is 1.89. The molecule has 0 unspecified atom stereocenters. The Hall–Kier alpha value is -2.55. The number of H-pyrrole nitrogens is 1. The van der Waals surface area contributed by atoms with Gasteiger partial charge in [-0.05, 0) is 24.1 Å². The van der Waals surface area contributed by atoms with Crippen molar-refractivity contribution in [1.82, 2.24) is 4.98 Å². The lowest BCUT2D eigenvalue weighted by molar-refractivity contribution is -0.147. The maximum absolute atomic E-state index is 12.1. The van der Waals surface area contributed by atoms with Gasteiger partial charge in [-0.1, -0.05) is 48.5 Å². The molecule has 1 aromatic heterocycles. The smallest absolute Gasteiger partial charge is 0.310 e. The average Bonchev–Trinajstić information content (AvgIpc) is 2.91. The van der Waals surface area contributed by atoms with Gasteiger partial charge in [0.15, 0.2) is 0 Å². The van der Waals surface area contributed by atoms with Crippen LogP contribution in [0.4, 0.5) is 0 Å². The van der Waals surface area contributed by atoms with Crippen molar-refractivity contribution in [2.24, 2.45) is 0 Å². The van der Waals surface area contributed by atoms with E-state index >= 15 is 0 Å². The van der Waals surface area contributed by atoms with Gasteiger partial charge in [0, 0.05) is 17.1 Å². The zero-order valence-corrected chi connectivity index (χ0v) is 11.9. The molecule has 0 amide bonds. The van der Waals surface area contributed by atoms with Crippen LogP contribution in [0.1, 0.15) is 24.2 Å². The first-order valence-corrected chi connectivity index (χ1v) is 7.03. The molecule has 3 aromatic rings. The summed E-state index contributed by atoms with van der Waals surface area (Å²) in [6.07, 6.45) is 1.92. The fraction of sp³-hybridized carbons (Fsp3) is 0.167. The van der Waals surface area contributed by atoms with E-state index in [1.54, 1.807) is 0 Å². The number of benzene rings is 2. The van der Waals surface area contributed by atoms with Crippen LogP contribution in [0.25, 0.3) is 10.9 Å². The standard InChI is InChI=1S/C18H17NO2/c1-13(14-7-3-2-4-8-14)21-18(20)11-15-12-19-17-10-6-5-9-16(15)17/h2-10,12-13,19H,11H2,1H3/t13-/m0/s1. The molecule has 0 saturated carbocycles. The van der Waals surface area contributed by atoms with Crippen LogP contribution in [-0.2, 0) is 16.0 Å². The minimum absolute atomic E-state index is 0.212. The summed E-state index contributed by atoms with van der Waals surface area (Å²) >= 11 is 0. The van der Waals surface area contributed by atoms with E-state index in [-0.39, 0.29) is 18.5 Å². The highest BCUT2D eigenvalue weighted by molar-refractivity contribution is 5.87. The van der Waals surface area contributed by atoms with Gasteiger partial charge >= 0.3 is 5.97 Å². The first kappa shape index (κ1) is 13.4. The molecule has 3 nitrogen and oxygen atoms in total. The van der Waals surface area contributed by atoms with E-state index in [0.29, 0.717) is 0 Å². The molecule has 0 radical (unpaired) electrons. The minimum Gasteiger partial charge on any atom is -0.458 e. The van der Waals surface area contributed by atoms with Gasteiger partial charge in [-0.3, -0.25) is 4.79 Å². The number of carbonyl (C=O) groups excluding carboxylic acids is 1. The molecule has 0 fully saturated rings. The Morgan fingerprint density at radius 1 is 1.10 bits per heavy atom. The lowest BCUT2D eigenvalue weighted by Crippen LogP contribution is -2.11. The molecule has 0 saturated heterocycles. The van der Waals surface area contributed by atoms with Crippen LogP contribution in [0.5, 0.6) is 0 Å². The van der Waals surface area contributed by atoms with E-state index in [9.17, 15) is 4.79 Å². The summed E-state index contributed by atoms with van der Waals surface area (Å²) in [5.74, 6) is -0.212. The predicted molar refractivity (Wildman–Crippen MR) is 83.0 cm³/mol. The maximum Gasteiger partial charge on any atom is 0.310 e. The predicted octanol–water partition coefficient (Wildman–Crippen LogP) is 4.01. The van der Waals surface area contributed by atoms with Crippen LogP contribution >= 0.6 is 0 Å². The molecule has 0 aliphatic heterocycles. The third-order valence-electron chi connectivity index (χ3n) is 3.59. The van der Waals surface area contributed by atoms with Crippen molar-refractivity contribution in [3.63, 3.8) is 0 Å². The molecule has 3 heteroatoms. The van der Waals surface area contributed by atoms with Crippen LogP contribution in [0, 0.1) is 0 Å². The van der Waals surface area contributed by atoms with Gasteiger partial charge in [0.2, 0.25) is 0 Å². The number of aromatic amines is 1. The Morgan fingerprint density at radius 2 is 1.81 bits per heavy atom. The molecular weight excluding hydrogens is 262 g/mol. The lowest BCUT2D eigenvalue weighted by atomic mass is 10.1. The summed E-state index contributed by atoms with van der Waals surface area (Å²) in [6, 6.07) is 17.7. The highest BCUT2D eigenvalue weighted by Gasteiger charge is 2.14. The number of fused-ring (bicyclic) bond motifs is 1. The largest absolute Gasteiger partial charge is 0.458 e. The molecule has 0 aliphatic carbocycles. The number of hydrogen-bond acceptors (Lipinski definition) is 2. The summed E-state index contributed by atoms with van der Waals surface area (Å²) in [5, 5.41) is 1.07. The molecule has 3 rings (SSSR count). The van der Waals surface area contributed by atoms with Crippen molar-refractivity contribution in [2.75, 3.05) is 0 Å². The average molecular weight is 279 g/mol.